The Morgan fingerprint density at radius 1 is 1.21 bits per heavy atom. The summed E-state index contributed by atoms with van der Waals surface area (Å²) in [5.74, 6) is -2.16. The number of carboxylic acids is 1. The Balaban J connectivity index is 0.000000673. The molecule has 1 aromatic carbocycles. The van der Waals surface area contributed by atoms with Gasteiger partial charge in [0.1, 0.15) is 17.4 Å². The number of nitrogens with one attached hydrogen (secondary N) is 3. The van der Waals surface area contributed by atoms with E-state index in [1.807, 2.05) is 24.3 Å². The highest BCUT2D eigenvalue weighted by atomic mass is 32.1. The van der Waals surface area contributed by atoms with E-state index in [-0.39, 0.29) is 11.9 Å². The van der Waals surface area contributed by atoms with Crippen molar-refractivity contribution in [2.24, 2.45) is 5.73 Å². The number of carbonyl (C=O) groups excluding carboxylic acids is 2. The Hall–Kier alpha value is -3.36. The van der Waals surface area contributed by atoms with Crippen molar-refractivity contribution >= 4 is 34.2 Å². The summed E-state index contributed by atoms with van der Waals surface area (Å²) in [4.78, 5) is 36.4. The standard InChI is InChI=1S/C23H33N5O3S.C2HF3O2/c1-3-28(4-2)12-13-31-18-9-7-16(8-10-18)20-14-19(22(32-20)27-23(24)30)21(29)26-17-6-5-11-25-15-17;3-2(4,5)1(6)7/h7-10,14,17,25H,3-6,11-13,15H2,1-2H3,(H,26,29)(H3,24,27,30);(H,6,7). The molecule has 216 valence electrons. The molecule has 6 N–H and O–H groups in total. The number of urea groups is 1. The Bertz CT molecular complexity index is 1080. The van der Waals surface area contributed by atoms with Crippen LogP contribution in [-0.4, -0.2) is 79.5 Å². The first-order valence-electron chi connectivity index (χ1n) is 12.4. The van der Waals surface area contributed by atoms with Gasteiger partial charge in [0, 0.05) is 24.0 Å². The maximum atomic E-state index is 12.9. The van der Waals surface area contributed by atoms with Crippen molar-refractivity contribution in [2.45, 2.75) is 38.9 Å². The smallest absolute Gasteiger partial charge is 0.490 e. The fourth-order valence-corrected chi connectivity index (χ4v) is 4.76. The average molecular weight is 574 g/mol. The second-order valence-electron chi connectivity index (χ2n) is 8.56. The molecule has 1 fully saturated rings. The van der Waals surface area contributed by atoms with Gasteiger partial charge in [-0.2, -0.15) is 13.2 Å². The first-order chi connectivity index (χ1) is 18.4. The van der Waals surface area contributed by atoms with Crippen LogP contribution in [0.15, 0.2) is 30.3 Å². The van der Waals surface area contributed by atoms with Crippen molar-refractivity contribution in [3.8, 4) is 16.2 Å². The number of aliphatic carboxylic acids is 1. The first-order valence-corrected chi connectivity index (χ1v) is 13.2. The third kappa shape index (κ3) is 10.7. The quantitative estimate of drug-likeness (QED) is 0.291. The minimum Gasteiger partial charge on any atom is -0.492 e. The van der Waals surface area contributed by atoms with Gasteiger partial charge in [-0.15, -0.1) is 11.3 Å². The molecule has 39 heavy (non-hydrogen) atoms. The predicted octanol–water partition coefficient (Wildman–Crippen LogP) is 3.74. The summed E-state index contributed by atoms with van der Waals surface area (Å²) in [6.07, 6.45) is -3.13. The van der Waals surface area contributed by atoms with Crippen molar-refractivity contribution in [1.29, 1.82) is 0 Å². The van der Waals surface area contributed by atoms with Crippen LogP contribution in [-0.2, 0) is 4.79 Å². The fraction of sp³-hybridized carbons (Fsp3) is 0.480. The molecule has 1 unspecified atom stereocenters. The average Bonchev–Trinajstić information content (AvgIpc) is 3.30. The van der Waals surface area contributed by atoms with Crippen LogP contribution in [0.2, 0.25) is 0 Å². The zero-order valence-electron chi connectivity index (χ0n) is 21.8. The molecule has 2 heterocycles. The summed E-state index contributed by atoms with van der Waals surface area (Å²) in [5.41, 5.74) is 6.69. The van der Waals surface area contributed by atoms with Gasteiger partial charge in [0.2, 0.25) is 0 Å². The van der Waals surface area contributed by atoms with Crippen LogP contribution in [0.3, 0.4) is 0 Å². The van der Waals surface area contributed by atoms with E-state index in [0.29, 0.717) is 17.2 Å². The predicted molar refractivity (Wildman–Crippen MR) is 143 cm³/mol. The van der Waals surface area contributed by atoms with Crippen LogP contribution in [0.4, 0.5) is 23.0 Å². The topological polar surface area (TPSA) is 146 Å². The lowest BCUT2D eigenvalue weighted by Crippen LogP contribution is -2.45. The van der Waals surface area contributed by atoms with Crippen LogP contribution >= 0.6 is 11.3 Å². The number of halogens is 3. The third-order valence-corrected chi connectivity index (χ3v) is 6.90. The van der Waals surface area contributed by atoms with Gasteiger partial charge < -0.3 is 31.1 Å². The molecule has 1 aliphatic heterocycles. The second kappa shape index (κ2) is 15.3. The van der Waals surface area contributed by atoms with Gasteiger partial charge in [0.15, 0.2) is 0 Å². The zero-order chi connectivity index (χ0) is 29.0. The molecule has 1 atom stereocenters. The number of hydrogen-bond acceptors (Lipinski definition) is 7. The Morgan fingerprint density at radius 3 is 2.36 bits per heavy atom. The van der Waals surface area contributed by atoms with Crippen LogP contribution < -0.4 is 26.4 Å². The van der Waals surface area contributed by atoms with E-state index < -0.39 is 18.2 Å². The van der Waals surface area contributed by atoms with Gasteiger partial charge >= 0.3 is 18.2 Å². The summed E-state index contributed by atoms with van der Waals surface area (Å²) in [7, 11) is 0. The molecule has 3 rings (SSSR count). The molecular weight excluding hydrogens is 539 g/mol. The molecule has 1 aliphatic rings. The molecule has 3 amide bonds. The summed E-state index contributed by atoms with van der Waals surface area (Å²) in [5, 5.41) is 16.5. The molecule has 2 aromatic rings. The minimum absolute atomic E-state index is 0.0776. The second-order valence-corrected chi connectivity index (χ2v) is 9.61. The first kappa shape index (κ1) is 31.9. The Morgan fingerprint density at radius 2 is 1.85 bits per heavy atom. The van der Waals surface area contributed by atoms with Crippen molar-refractivity contribution in [3.05, 3.63) is 35.9 Å². The molecular formula is C25H34F3N5O5S. The molecule has 1 aromatic heterocycles. The zero-order valence-corrected chi connectivity index (χ0v) is 22.6. The van der Waals surface area contributed by atoms with Crippen LogP contribution in [0.25, 0.3) is 10.4 Å². The number of likely N-dealkylation sites (N-methyl/N-ethyl adjacent to an activating group) is 1. The number of primary amides is 1. The number of hydrogen-bond donors (Lipinski definition) is 5. The van der Waals surface area contributed by atoms with Crippen LogP contribution in [0.1, 0.15) is 37.0 Å². The van der Waals surface area contributed by atoms with Gasteiger partial charge in [-0.1, -0.05) is 13.8 Å². The number of nitrogens with zero attached hydrogens (tertiary/aromatic N) is 1. The van der Waals surface area contributed by atoms with Gasteiger partial charge in [-0.3, -0.25) is 10.1 Å². The lowest BCUT2D eigenvalue weighted by atomic mass is 10.1. The van der Waals surface area contributed by atoms with E-state index in [1.165, 1.54) is 11.3 Å². The lowest BCUT2D eigenvalue weighted by Gasteiger charge is -2.23. The molecule has 0 bridgehead atoms. The van der Waals surface area contributed by atoms with E-state index in [0.717, 1.165) is 61.8 Å². The number of thiophene rings is 1. The molecule has 0 spiro atoms. The van der Waals surface area contributed by atoms with E-state index in [2.05, 4.69) is 34.7 Å². The number of amides is 3. The van der Waals surface area contributed by atoms with Crippen molar-refractivity contribution in [2.75, 3.05) is 44.6 Å². The number of ether oxygens (including phenoxy) is 1. The number of rotatable bonds is 10. The van der Waals surface area contributed by atoms with E-state index in [4.69, 9.17) is 20.4 Å². The number of anilines is 1. The molecule has 0 aliphatic carbocycles. The number of piperidine rings is 1. The van der Waals surface area contributed by atoms with Crippen molar-refractivity contribution < 1.29 is 37.4 Å². The Kier molecular flexibility index (Phi) is 12.5. The highest BCUT2D eigenvalue weighted by Crippen LogP contribution is 2.36. The largest absolute Gasteiger partial charge is 0.492 e. The minimum atomic E-state index is -5.08. The highest BCUT2D eigenvalue weighted by molar-refractivity contribution is 7.20. The van der Waals surface area contributed by atoms with Gasteiger partial charge in [0.05, 0.1) is 5.56 Å². The summed E-state index contributed by atoms with van der Waals surface area (Å²) in [6, 6.07) is 8.95. The number of nitrogens with two attached hydrogens (primary N) is 1. The summed E-state index contributed by atoms with van der Waals surface area (Å²) in [6.45, 7) is 9.53. The van der Waals surface area contributed by atoms with Gasteiger partial charge in [-0.25, -0.2) is 9.59 Å². The lowest BCUT2D eigenvalue weighted by molar-refractivity contribution is -0.192. The number of benzene rings is 1. The number of alkyl halides is 3. The van der Waals surface area contributed by atoms with Gasteiger partial charge in [-0.05, 0) is 68.4 Å². The van der Waals surface area contributed by atoms with Crippen molar-refractivity contribution in [1.82, 2.24) is 15.5 Å². The van der Waals surface area contributed by atoms with E-state index in [1.54, 1.807) is 6.07 Å². The van der Waals surface area contributed by atoms with Crippen LogP contribution in [0, 0.1) is 0 Å². The van der Waals surface area contributed by atoms with E-state index in [9.17, 15) is 22.8 Å². The SMILES string of the molecule is CCN(CC)CCOc1ccc(-c2cc(C(=O)NC3CCCNC3)c(NC(N)=O)s2)cc1.O=C(O)C(F)(F)F. The monoisotopic (exact) mass is 573 g/mol. The van der Waals surface area contributed by atoms with E-state index >= 15 is 0 Å². The number of carbonyl (C=O) groups is 3. The molecule has 0 saturated carbocycles. The maximum absolute atomic E-state index is 12.9. The molecule has 0 radical (unpaired) electrons. The van der Waals surface area contributed by atoms with Gasteiger partial charge in [0.25, 0.3) is 5.91 Å². The summed E-state index contributed by atoms with van der Waals surface area (Å²) >= 11 is 1.33. The number of carboxylic acid groups (broad SMARTS) is 1. The molecule has 10 nitrogen and oxygen atoms in total. The molecule has 1 saturated heterocycles. The highest BCUT2D eigenvalue weighted by Gasteiger charge is 2.38. The van der Waals surface area contributed by atoms with Crippen LogP contribution in [0.5, 0.6) is 5.75 Å². The Labute approximate surface area is 228 Å². The fourth-order valence-electron chi connectivity index (χ4n) is 3.69. The maximum Gasteiger partial charge on any atom is 0.490 e. The normalized spacial score (nSPS) is 15.2. The van der Waals surface area contributed by atoms with Crippen molar-refractivity contribution in [3.63, 3.8) is 0 Å². The summed E-state index contributed by atoms with van der Waals surface area (Å²) < 4.78 is 37.6. The third-order valence-electron chi connectivity index (χ3n) is 5.80. The molecule has 14 heteroatoms.